The molecule has 0 amide bonds. The maximum atomic E-state index is 9.75. The van der Waals surface area contributed by atoms with Crippen molar-refractivity contribution in [2.45, 2.75) is 19.5 Å². The molecular weight excluding hydrogens is 281 g/mol. The van der Waals surface area contributed by atoms with E-state index in [1.165, 1.54) is 0 Å². The van der Waals surface area contributed by atoms with Crippen LogP contribution in [0.15, 0.2) is 42.5 Å². The number of hydrogen-bond donors (Lipinski definition) is 2. The molecule has 2 aromatic rings. The molecule has 0 aliphatic heterocycles. The summed E-state index contributed by atoms with van der Waals surface area (Å²) in [6, 6.07) is 12.8. The predicted octanol–water partition coefficient (Wildman–Crippen LogP) is 4.55. The summed E-state index contributed by atoms with van der Waals surface area (Å²) >= 11 is 12.1. The quantitative estimate of drug-likeness (QED) is 0.867. The smallest absolute Gasteiger partial charge is 0.120 e. The first kappa shape index (κ1) is 14.2. The van der Waals surface area contributed by atoms with Crippen LogP contribution in [0.5, 0.6) is 5.75 Å². The van der Waals surface area contributed by atoms with Crippen LogP contribution in [0.1, 0.15) is 24.1 Å². The van der Waals surface area contributed by atoms with Crippen molar-refractivity contribution in [2.75, 3.05) is 0 Å². The van der Waals surface area contributed by atoms with Gasteiger partial charge in [0.15, 0.2) is 0 Å². The molecule has 1 atom stereocenters. The van der Waals surface area contributed by atoms with Crippen LogP contribution in [0.4, 0.5) is 0 Å². The van der Waals surface area contributed by atoms with E-state index < -0.39 is 0 Å². The van der Waals surface area contributed by atoms with Gasteiger partial charge in [0.2, 0.25) is 0 Å². The lowest BCUT2D eigenvalue weighted by atomic mass is 10.1. The second-order valence-electron chi connectivity index (χ2n) is 4.40. The maximum absolute atomic E-state index is 9.75. The highest BCUT2D eigenvalue weighted by Crippen LogP contribution is 2.25. The van der Waals surface area contributed by atoms with Crippen molar-refractivity contribution in [3.8, 4) is 5.75 Å². The van der Waals surface area contributed by atoms with Gasteiger partial charge < -0.3 is 10.4 Å². The SMILES string of the molecule is C[C@H](NCc1cc(Cl)ccc1O)c1ccccc1Cl. The van der Waals surface area contributed by atoms with Crippen molar-refractivity contribution in [1.82, 2.24) is 5.32 Å². The number of halogens is 2. The minimum atomic E-state index is 0.0899. The van der Waals surface area contributed by atoms with Crippen molar-refractivity contribution >= 4 is 23.2 Å². The van der Waals surface area contributed by atoms with Crippen LogP contribution in [0.25, 0.3) is 0 Å². The summed E-state index contributed by atoms with van der Waals surface area (Å²) in [7, 11) is 0. The molecule has 0 bridgehead atoms. The highest BCUT2D eigenvalue weighted by Gasteiger charge is 2.09. The summed E-state index contributed by atoms with van der Waals surface area (Å²) < 4.78 is 0. The predicted molar refractivity (Wildman–Crippen MR) is 79.8 cm³/mol. The first-order valence-corrected chi connectivity index (χ1v) is 6.78. The molecule has 0 saturated heterocycles. The van der Waals surface area contributed by atoms with Gasteiger partial charge in [-0.3, -0.25) is 0 Å². The number of nitrogens with one attached hydrogen (secondary N) is 1. The lowest BCUT2D eigenvalue weighted by molar-refractivity contribution is 0.460. The van der Waals surface area contributed by atoms with Crippen molar-refractivity contribution in [2.24, 2.45) is 0 Å². The molecule has 0 spiro atoms. The number of rotatable bonds is 4. The molecule has 0 radical (unpaired) electrons. The zero-order valence-corrected chi connectivity index (χ0v) is 12.0. The van der Waals surface area contributed by atoms with Crippen LogP contribution in [0.3, 0.4) is 0 Å². The molecule has 19 heavy (non-hydrogen) atoms. The molecule has 2 rings (SSSR count). The molecular formula is C15H15Cl2NO. The summed E-state index contributed by atoms with van der Waals surface area (Å²) in [6.45, 7) is 2.56. The van der Waals surface area contributed by atoms with Gasteiger partial charge in [-0.15, -0.1) is 0 Å². The average molecular weight is 296 g/mol. The normalized spacial score (nSPS) is 12.4. The molecule has 0 aromatic heterocycles. The fourth-order valence-corrected chi connectivity index (χ4v) is 2.39. The number of phenolic OH excluding ortho intramolecular Hbond substituents is 1. The molecule has 0 fully saturated rings. The molecule has 2 aromatic carbocycles. The molecule has 2 nitrogen and oxygen atoms in total. The minimum Gasteiger partial charge on any atom is -0.508 e. The van der Waals surface area contributed by atoms with E-state index in [1.54, 1.807) is 18.2 Å². The number of phenols is 1. The van der Waals surface area contributed by atoms with E-state index in [0.717, 1.165) is 16.1 Å². The first-order chi connectivity index (χ1) is 9.08. The lowest BCUT2D eigenvalue weighted by Crippen LogP contribution is -2.18. The van der Waals surface area contributed by atoms with Crippen LogP contribution in [-0.4, -0.2) is 5.11 Å². The van der Waals surface area contributed by atoms with Crippen LogP contribution < -0.4 is 5.32 Å². The van der Waals surface area contributed by atoms with E-state index in [2.05, 4.69) is 5.32 Å². The molecule has 0 aliphatic rings. The molecule has 2 N–H and O–H groups in total. The zero-order valence-electron chi connectivity index (χ0n) is 10.5. The highest BCUT2D eigenvalue weighted by molar-refractivity contribution is 6.31. The molecule has 0 heterocycles. The van der Waals surface area contributed by atoms with Gasteiger partial charge in [0.25, 0.3) is 0 Å². The minimum absolute atomic E-state index is 0.0899. The summed E-state index contributed by atoms with van der Waals surface area (Å²) in [5.74, 6) is 0.239. The van der Waals surface area contributed by atoms with E-state index in [1.807, 2.05) is 31.2 Å². The molecule has 0 aliphatic carbocycles. The largest absolute Gasteiger partial charge is 0.508 e. The molecule has 100 valence electrons. The van der Waals surface area contributed by atoms with Crippen molar-refractivity contribution in [3.63, 3.8) is 0 Å². The van der Waals surface area contributed by atoms with Gasteiger partial charge in [-0.2, -0.15) is 0 Å². The van der Waals surface area contributed by atoms with Crippen molar-refractivity contribution in [3.05, 3.63) is 63.6 Å². The Morgan fingerprint density at radius 1 is 1.16 bits per heavy atom. The Kier molecular flexibility index (Phi) is 4.70. The number of aromatic hydroxyl groups is 1. The van der Waals surface area contributed by atoms with Gasteiger partial charge in [0.1, 0.15) is 5.75 Å². The summed E-state index contributed by atoms with van der Waals surface area (Å²) in [5, 5.41) is 14.4. The Bertz CT molecular complexity index is 572. The number of hydrogen-bond acceptors (Lipinski definition) is 2. The van der Waals surface area contributed by atoms with Gasteiger partial charge >= 0.3 is 0 Å². The lowest BCUT2D eigenvalue weighted by Gasteiger charge is -2.16. The van der Waals surface area contributed by atoms with Gasteiger partial charge in [0, 0.05) is 28.2 Å². The Balaban J connectivity index is 2.06. The van der Waals surface area contributed by atoms with Gasteiger partial charge in [0.05, 0.1) is 0 Å². The summed E-state index contributed by atoms with van der Waals surface area (Å²) in [6.07, 6.45) is 0. The van der Waals surface area contributed by atoms with E-state index in [4.69, 9.17) is 23.2 Å². The molecule has 0 unspecified atom stereocenters. The Hall–Kier alpha value is -1.22. The highest BCUT2D eigenvalue weighted by atomic mass is 35.5. The second kappa shape index (κ2) is 6.29. The van der Waals surface area contributed by atoms with Crippen molar-refractivity contribution < 1.29 is 5.11 Å². The standard InChI is InChI=1S/C15H15Cl2NO/c1-10(13-4-2-3-5-14(13)17)18-9-11-8-12(16)6-7-15(11)19/h2-8,10,18-19H,9H2,1H3/t10-/m0/s1. The van der Waals surface area contributed by atoms with E-state index in [-0.39, 0.29) is 11.8 Å². The third kappa shape index (κ3) is 3.63. The third-order valence-corrected chi connectivity index (χ3v) is 3.59. The van der Waals surface area contributed by atoms with Gasteiger partial charge in [-0.05, 0) is 36.8 Å². The first-order valence-electron chi connectivity index (χ1n) is 6.03. The topological polar surface area (TPSA) is 32.3 Å². The van der Waals surface area contributed by atoms with Crippen molar-refractivity contribution in [1.29, 1.82) is 0 Å². The fourth-order valence-electron chi connectivity index (χ4n) is 1.89. The molecule has 4 heteroatoms. The van der Waals surface area contributed by atoms with Crippen LogP contribution >= 0.6 is 23.2 Å². The number of benzene rings is 2. The van der Waals surface area contributed by atoms with Crippen LogP contribution in [0.2, 0.25) is 10.0 Å². The van der Waals surface area contributed by atoms with Gasteiger partial charge in [-0.25, -0.2) is 0 Å². The Morgan fingerprint density at radius 2 is 1.89 bits per heavy atom. The fraction of sp³-hybridized carbons (Fsp3) is 0.200. The zero-order chi connectivity index (χ0) is 13.8. The Labute approximate surface area is 123 Å². The van der Waals surface area contributed by atoms with E-state index >= 15 is 0 Å². The van der Waals surface area contributed by atoms with E-state index in [0.29, 0.717) is 11.6 Å². The molecule has 0 saturated carbocycles. The average Bonchev–Trinajstić information content (AvgIpc) is 2.40. The second-order valence-corrected chi connectivity index (χ2v) is 5.24. The summed E-state index contributed by atoms with van der Waals surface area (Å²) in [4.78, 5) is 0. The Morgan fingerprint density at radius 3 is 2.63 bits per heavy atom. The monoisotopic (exact) mass is 295 g/mol. The van der Waals surface area contributed by atoms with Crippen LogP contribution in [-0.2, 0) is 6.54 Å². The van der Waals surface area contributed by atoms with Crippen LogP contribution in [0, 0.1) is 0 Å². The summed E-state index contributed by atoms with van der Waals surface area (Å²) in [5.41, 5.74) is 1.80. The maximum Gasteiger partial charge on any atom is 0.120 e. The van der Waals surface area contributed by atoms with Gasteiger partial charge in [-0.1, -0.05) is 41.4 Å². The van der Waals surface area contributed by atoms with E-state index in [9.17, 15) is 5.11 Å². The third-order valence-electron chi connectivity index (χ3n) is 3.01.